The molecule has 0 atom stereocenters. The van der Waals surface area contributed by atoms with Gasteiger partial charge in [-0.05, 0) is 24.7 Å². The Bertz CT molecular complexity index is 606. The monoisotopic (exact) mass is 310 g/mol. The average molecular weight is 310 g/mol. The van der Waals surface area contributed by atoms with Crippen LogP contribution in [-0.2, 0) is 11.3 Å². The number of benzene rings is 1. The number of anilines is 1. The Morgan fingerprint density at radius 3 is 2.95 bits per heavy atom. The number of likely N-dealkylation sites (N-methyl/N-ethyl adjacent to an activating group) is 1. The molecule has 0 unspecified atom stereocenters. The smallest absolute Gasteiger partial charge is 0.240 e. The number of carbonyl (C=O) groups is 1. The van der Waals surface area contributed by atoms with Gasteiger partial charge in [0.15, 0.2) is 11.6 Å². The van der Waals surface area contributed by atoms with E-state index in [1.54, 1.807) is 29.6 Å². The Hall–Kier alpha value is -2.06. The van der Waals surface area contributed by atoms with E-state index in [2.05, 4.69) is 15.5 Å². The summed E-state index contributed by atoms with van der Waals surface area (Å²) in [5.74, 6) is -0.402. The van der Waals surface area contributed by atoms with Gasteiger partial charge in [-0.15, -0.1) is 10.2 Å². The molecule has 0 spiro atoms. The van der Waals surface area contributed by atoms with Crippen molar-refractivity contribution in [1.29, 1.82) is 0 Å². The van der Waals surface area contributed by atoms with E-state index in [9.17, 15) is 9.18 Å². The fourth-order valence-corrected chi connectivity index (χ4v) is 2.27. The van der Waals surface area contributed by atoms with Crippen molar-refractivity contribution in [1.82, 2.24) is 15.1 Å². The van der Waals surface area contributed by atoms with Gasteiger partial charge in [0.2, 0.25) is 11.0 Å². The molecule has 2 rings (SSSR count). The molecule has 1 aromatic carbocycles. The summed E-state index contributed by atoms with van der Waals surface area (Å²) in [4.78, 5) is 13.5. The molecule has 0 saturated carbocycles. The number of ether oxygens (including phenoxy) is 1. The molecule has 0 radical (unpaired) electrons. The number of halogens is 1. The molecule has 0 aliphatic rings. The van der Waals surface area contributed by atoms with Crippen LogP contribution in [0.2, 0.25) is 0 Å². The standard InChI is InChI=1S/C13H15FN4O2S/c1-18(7-12(19)16-13-17-15-8-21-13)6-9-3-4-11(20-2)10(14)5-9/h3-5,8H,6-7H2,1-2H3,(H,16,17,19). The number of hydrogen-bond donors (Lipinski definition) is 1. The van der Waals surface area contributed by atoms with Gasteiger partial charge in [-0.25, -0.2) is 4.39 Å². The van der Waals surface area contributed by atoms with Crippen LogP contribution >= 0.6 is 11.3 Å². The third-order valence-electron chi connectivity index (χ3n) is 2.69. The van der Waals surface area contributed by atoms with Crippen molar-refractivity contribution in [2.45, 2.75) is 6.54 Å². The summed E-state index contributed by atoms with van der Waals surface area (Å²) in [5, 5.41) is 10.5. The summed E-state index contributed by atoms with van der Waals surface area (Å²) in [7, 11) is 3.20. The molecule has 0 aliphatic carbocycles. The first-order valence-electron chi connectivity index (χ1n) is 6.15. The highest BCUT2D eigenvalue weighted by molar-refractivity contribution is 7.13. The van der Waals surface area contributed by atoms with E-state index < -0.39 is 5.82 Å². The molecule has 112 valence electrons. The van der Waals surface area contributed by atoms with Gasteiger partial charge in [-0.3, -0.25) is 15.0 Å². The maximum atomic E-state index is 13.6. The number of aromatic nitrogens is 2. The number of rotatable bonds is 6. The maximum absolute atomic E-state index is 13.6. The summed E-state index contributed by atoms with van der Waals surface area (Å²) < 4.78 is 18.4. The molecular formula is C13H15FN4O2S. The normalized spacial score (nSPS) is 10.7. The van der Waals surface area contributed by atoms with Gasteiger partial charge < -0.3 is 4.74 Å². The molecule has 0 bridgehead atoms. The number of methoxy groups -OCH3 is 1. The van der Waals surface area contributed by atoms with Crippen LogP contribution in [0.1, 0.15) is 5.56 Å². The molecule has 6 nitrogen and oxygen atoms in total. The van der Waals surface area contributed by atoms with Crippen LogP contribution in [0.15, 0.2) is 23.7 Å². The van der Waals surface area contributed by atoms with Crippen LogP contribution in [0.25, 0.3) is 0 Å². The van der Waals surface area contributed by atoms with Crippen LogP contribution in [0, 0.1) is 5.82 Å². The third-order valence-corrected chi connectivity index (χ3v) is 3.30. The third kappa shape index (κ3) is 4.47. The minimum Gasteiger partial charge on any atom is -0.494 e. The van der Waals surface area contributed by atoms with Crippen molar-refractivity contribution >= 4 is 22.4 Å². The fourth-order valence-electron chi connectivity index (χ4n) is 1.81. The van der Waals surface area contributed by atoms with Crippen LogP contribution < -0.4 is 10.1 Å². The molecule has 1 heterocycles. The first kappa shape index (κ1) is 15.3. The van der Waals surface area contributed by atoms with Crippen molar-refractivity contribution in [3.8, 4) is 5.75 Å². The molecular weight excluding hydrogens is 295 g/mol. The van der Waals surface area contributed by atoms with E-state index >= 15 is 0 Å². The number of nitrogens with zero attached hydrogens (tertiary/aromatic N) is 3. The van der Waals surface area contributed by atoms with E-state index in [0.717, 1.165) is 5.56 Å². The van der Waals surface area contributed by atoms with Gasteiger partial charge in [0, 0.05) is 6.54 Å². The highest BCUT2D eigenvalue weighted by atomic mass is 32.1. The Labute approximate surface area is 125 Å². The minimum absolute atomic E-state index is 0.174. The first-order chi connectivity index (χ1) is 10.1. The lowest BCUT2D eigenvalue weighted by atomic mass is 10.2. The zero-order valence-corrected chi connectivity index (χ0v) is 12.5. The van der Waals surface area contributed by atoms with Gasteiger partial charge in [-0.2, -0.15) is 0 Å². The Balaban J connectivity index is 1.87. The van der Waals surface area contributed by atoms with Gasteiger partial charge in [0.25, 0.3) is 0 Å². The van der Waals surface area contributed by atoms with E-state index in [-0.39, 0.29) is 18.2 Å². The topological polar surface area (TPSA) is 67.3 Å². The van der Waals surface area contributed by atoms with Gasteiger partial charge in [0.05, 0.1) is 13.7 Å². The zero-order chi connectivity index (χ0) is 15.2. The molecule has 0 saturated heterocycles. The lowest BCUT2D eigenvalue weighted by Crippen LogP contribution is -2.29. The summed E-state index contributed by atoms with van der Waals surface area (Å²) in [6, 6.07) is 4.73. The summed E-state index contributed by atoms with van der Waals surface area (Å²) in [6.45, 7) is 0.623. The Morgan fingerprint density at radius 2 is 2.33 bits per heavy atom. The van der Waals surface area contributed by atoms with Crippen molar-refractivity contribution in [2.24, 2.45) is 0 Å². The highest BCUT2D eigenvalue weighted by Crippen LogP contribution is 2.18. The molecule has 1 amide bonds. The van der Waals surface area contributed by atoms with Crippen LogP contribution in [0.3, 0.4) is 0 Å². The lowest BCUT2D eigenvalue weighted by Gasteiger charge is -2.16. The SMILES string of the molecule is COc1ccc(CN(C)CC(=O)Nc2nncs2)cc1F. The molecule has 0 aliphatic heterocycles. The fraction of sp³-hybridized carbons (Fsp3) is 0.308. The predicted octanol–water partition coefficient (Wildman–Crippen LogP) is 1.76. The van der Waals surface area contributed by atoms with E-state index in [0.29, 0.717) is 11.7 Å². The number of amides is 1. The van der Waals surface area contributed by atoms with Crippen molar-refractivity contribution in [3.05, 3.63) is 35.1 Å². The second-order valence-corrected chi connectivity index (χ2v) is 5.27. The van der Waals surface area contributed by atoms with Gasteiger partial charge in [-0.1, -0.05) is 17.4 Å². The predicted molar refractivity (Wildman–Crippen MR) is 77.8 cm³/mol. The van der Waals surface area contributed by atoms with E-state index in [4.69, 9.17) is 4.74 Å². The molecule has 8 heteroatoms. The van der Waals surface area contributed by atoms with Crippen LogP contribution in [-0.4, -0.2) is 41.7 Å². The highest BCUT2D eigenvalue weighted by Gasteiger charge is 2.10. The van der Waals surface area contributed by atoms with Gasteiger partial charge in [0.1, 0.15) is 5.51 Å². The van der Waals surface area contributed by atoms with Crippen molar-refractivity contribution < 1.29 is 13.9 Å². The summed E-state index contributed by atoms with van der Waals surface area (Å²) >= 11 is 1.25. The average Bonchev–Trinajstić information content (AvgIpc) is 2.91. The quantitative estimate of drug-likeness (QED) is 0.880. The lowest BCUT2D eigenvalue weighted by molar-refractivity contribution is -0.117. The largest absolute Gasteiger partial charge is 0.494 e. The molecule has 1 N–H and O–H groups in total. The van der Waals surface area contributed by atoms with E-state index in [1.165, 1.54) is 24.5 Å². The number of nitrogens with one attached hydrogen (secondary N) is 1. The second-order valence-electron chi connectivity index (χ2n) is 4.43. The first-order valence-corrected chi connectivity index (χ1v) is 7.03. The van der Waals surface area contributed by atoms with Gasteiger partial charge >= 0.3 is 0 Å². The summed E-state index contributed by atoms with van der Waals surface area (Å²) in [5.41, 5.74) is 2.30. The molecule has 0 fully saturated rings. The zero-order valence-electron chi connectivity index (χ0n) is 11.7. The Morgan fingerprint density at radius 1 is 1.52 bits per heavy atom. The number of carbonyl (C=O) groups excluding carboxylic acids is 1. The molecule has 21 heavy (non-hydrogen) atoms. The van der Waals surface area contributed by atoms with Crippen LogP contribution in [0.5, 0.6) is 5.75 Å². The van der Waals surface area contributed by atoms with E-state index in [1.807, 2.05) is 0 Å². The Kier molecular flexibility index (Phi) is 5.18. The van der Waals surface area contributed by atoms with Crippen molar-refractivity contribution in [3.63, 3.8) is 0 Å². The summed E-state index contributed by atoms with van der Waals surface area (Å²) in [6.07, 6.45) is 0. The maximum Gasteiger partial charge on any atom is 0.240 e. The number of hydrogen-bond acceptors (Lipinski definition) is 6. The second kappa shape index (κ2) is 7.09. The van der Waals surface area contributed by atoms with Crippen molar-refractivity contribution in [2.75, 3.05) is 26.0 Å². The molecule has 1 aromatic heterocycles. The van der Waals surface area contributed by atoms with Crippen LogP contribution in [0.4, 0.5) is 9.52 Å². The molecule has 2 aromatic rings. The minimum atomic E-state index is -0.415.